The van der Waals surface area contributed by atoms with Crippen LogP contribution in [0, 0.1) is 0 Å². The van der Waals surface area contributed by atoms with Crippen molar-refractivity contribution in [3.05, 3.63) is 46.7 Å². The summed E-state index contributed by atoms with van der Waals surface area (Å²) in [7, 11) is 0. The zero-order valence-corrected chi connectivity index (χ0v) is 13.2. The molecule has 0 aliphatic heterocycles. The van der Waals surface area contributed by atoms with Crippen LogP contribution in [-0.2, 0) is 4.74 Å². The molecule has 7 nitrogen and oxygen atoms in total. The Morgan fingerprint density at radius 3 is 2.41 bits per heavy atom. The number of carbonyl (C=O) groups is 2. The zero-order chi connectivity index (χ0) is 15.9. The predicted octanol–water partition coefficient (Wildman–Crippen LogP) is 3.03. The number of ether oxygens (including phenoxy) is 2. The van der Waals surface area contributed by atoms with Gasteiger partial charge in [-0.1, -0.05) is 0 Å². The molecule has 1 aromatic carbocycles. The first-order chi connectivity index (χ1) is 10.6. The molecular weight excluding hydrogens is 354 g/mol. The van der Waals surface area contributed by atoms with E-state index in [1.54, 1.807) is 6.92 Å². The lowest BCUT2D eigenvalue weighted by atomic mass is 10.2. The molecule has 0 aliphatic carbocycles. The van der Waals surface area contributed by atoms with E-state index in [4.69, 9.17) is 4.74 Å². The van der Waals surface area contributed by atoms with Crippen LogP contribution in [0.1, 0.15) is 17.3 Å². The van der Waals surface area contributed by atoms with Gasteiger partial charge in [0.2, 0.25) is 5.95 Å². The molecule has 0 aliphatic rings. The van der Waals surface area contributed by atoms with Crippen LogP contribution in [0.25, 0.3) is 0 Å². The summed E-state index contributed by atoms with van der Waals surface area (Å²) in [5, 5.41) is 2.55. The van der Waals surface area contributed by atoms with Crippen LogP contribution in [0.2, 0.25) is 0 Å². The number of nitrogens with one attached hydrogen (secondary N) is 1. The van der Waals surface area contributed by atoms with Crippen LogP contribution < -0.4 is 10.1 Å². The number of aromatic nitrogens is 2. The fourth-order valence-corrected chi connectivity index (χ4v) is 1.67. The number of nitrogens with zero attached hydrogens (tertiary/aromatic N) is 2. The van der Waals surface area contributed by atoms with E-state index in [1.807, 2.05) is 0 Å². The third-order valence-corrected chi connectivity index (χ3v) is 2.84. The largest absolute Gasteiger partial charge is 0.513 e. The lowest BCUT2D eigenvalue weighted by molar-refractivity contribution is 0.102. The van der Waals surface area contributed by atoms with Crippen molar-refractivity contribution in [1.82, 2.24) is 9.97 Å². The second-order valence-corrected chi connectivity index (χ2v) is 4.90. The number of anilines is 1. The Kier molecular flexibility index (Phi) is 5.42. The van der Waals surface area contributed by atoms with Crippen LogP contribution in [0.5, 0.6) is 5.75 Å². The summed E-state index contributed by atoms with van der Waals surface area (Å²) < 4.78 is 10.3. The molecule has 0 atom stereocenters. The van der Waals surface area contributed by atoms with Gasteiger partial charge in [0.1, 0.15) is 5.75 Å². The number of benzene rings is 1. The molecular formula is C14H12BrN3O4. The summed E-state index contributed by atoms with van der Waals surface area (Å²) in [6.07, 6.45) is 2.26. The second kappa shape index (κ2) is 7.51. The summed E-state index contributed by atoms with van der Waals surface area (Å²) in [4.78, 5) is 31.0. The Balaban J connectivity index is 1.98. The Bertz CT molecular complexity index is 659. The molecule has 0 spiro atoms. The Hall–Kier alpha value is -2.48. The van der Waals surface area contributed by atoms with Crippen molar-refractivity contribution in [2.24, 2.45) is 0 Å². The molecule has 0 bridgehead atoms. The Labute approximate surface area is 134 Å². The molecule has 1 amide bonds. The molecule has 0 unspecified atom stereocenters. The fraction of sp³-hybridized carbons (Fsp3) is 0.143. The van der Waals surface area contributed by atoms with E-state index in [1.165, 1.54) is 36.7 Å². The monoisotopic (exact) mass is 365 g/mol. The Morgan fingerprint density at radius 1 is 1.18 bits per heavy atom. The first-order valence-electron chi connectivity index (χ1n) is 6.32. The molecule has 0 saturated heterocycles. The van der Waals surface area contributed by atoms with Crippen molar-refractivity contribution in [3.63, 3.8) is 0 Å². The molecule has 0 saturated carbocycles. The quantitative estimate of drug-likeness (QED) is 0.661. The number of halogens is 1. The van der Waals surface area contributed by atoms with Crippen LogP contribution in [0.4, 0.5) is 10.7 Å². The van der Waals surface area contributed by atoms with Crippen molar-refractivity contribution in [1.29, 1.82) is 0 Å². The summed E-state index contributed by atoms with van der Waals surface area (Å²) in [5.74, 6) is 0.111. The third-order valence-electron chi connectivity index (χ3n) is 2.43. The van der Waals surface area contributed by atoms with Gasteiger partial charge in [-0.25, -0.2) is 14.8 Å². The first-order valence-corrected chi connectivity index (χ1v) is 7.11. The summed E-state index contributed by atoms with van der Waals surface area (Å²) in [6, 6.07) is 6.02. The molecule has 2 rings (SSSR count). The first kappa shape index (κ1) is 15.9. The predicted molar refractivity (Wildman–Crippen MR) is 81.8 cm³/mol. The van der Waals surface area contributed by atoms with Gasteiger partial charge >= 0.3 is 6.16 Å². The maximum absolute atomic E-state index is 12.0. The number of carbonyl (C=O) groups excluding carboxylic acids is 2. The standard InChI is InChI=1S/C14H12BrN3O4/c1-2-21-14(20)22-11-5-3-9(4-6-11)12(19)18-13-16-7-10(15)8-17-13/h3-8H,2H2,1H3,(H,16,17,18,19). The maximum atomic E-state index is 12.0. The summed E-state index contributed by atoms with van der Waals surface area (Å²) in [6.45, 7) is 1.91. The molecule has 114 valence electrons. The van der Waals surface area contributed by atoms with E-state index in [0.29, 0.717) is 10.0 Å². The number of hydrogen-bond acceptors (Lipinski definition) is 6. The highest BCUT2D eigenvalue weighted by molar-refractivity contribution is 9.10. The summed E-state index contributed by atoms with van der Waals surface area (Å²) >= 11 is 3.21. The highest BCUT2D eigenvalue weighted by atomic mass is 79.9. The highest BCUT2D eigenvalue weighted by Gasteiger charge is 2.09. The fourth-order valence-electron chi connectivity index (χ4n) is 1.47. The van der Waals surface area contributed by atoms with Gasteiger partial charge in [0, 0.05) is 18.0 Å². The molecule has 1 heterocycles. The van der Waals surface area contributed by atoms with Gasteiger partial charge in [-0.15, -0.1) is 0 Å². The molecule has 22 heavy (non-hydrogen) atoms. The average Bonchev–Trinajstić information content (AvgIpc) is 2.50. The van der Waals surface area contributed by atoms with Crippen LogP contribution in [0.15, 0.2) is 41.1 Å². The van der Waals surface area contributed by atoms with E-state index in [-0.39, 0.29) is 24.2 Å². The molecule has 1 aromatic heterocycles. The van der Waals surface area contributed by atoms with E-state index < -0.39 is 6.16 Å². The minimum Gasteiger partial charge on any atom is -0.434 e. The van der Waals surface area contributed by atoms with Gasteiger partial charge in [-0.05, 0) is 47.1 Å². The average molecular weight is 366 g/mol. The second-order valence-electron chi connectivity index (χ2n) is 3.99. The Morgan fingerprint density at radius 2 is 1.82 bits per heavy atom. The van der Waals surface area contributed by atoms with Crippen LogP contribution in [-0.4, -0.2) is 28.6 Å². The van der Waals surface area contributed by atoms with Crippen LogP contribution >= 0.6 is 15.9 Å². The van der Waals surface area contributed by atoms with Crippen molar-refractivity contribution in [2.45, 2.75) is 6.92 Å². The van der Waals surface area contributed by atoms with Gasteiger partial charge in [-0.3, -0.25) is 10.1 Å². The molecule has 0 radical (unpaired) electrons. The molecule has 1 N–H and O–H groups in total. The van der Waals surface area contributed by atoms with E-state index >= 15 is 0 Å². The minimum absolute atomic E-state index is 0.194. The molecule has 0 fully saturated rings. The number of rotatable bonds is 4. The zero-order valence-electron chi connectivity index (χ0n) is 11.6. The number of hydrogen-bond donors (Lipinski definition) is 1. The van der Waals surface area contributed by atoms with Crippen molar-refractivity contribution < 1.29 is 19.1 Å². The van der Waals surface area contributed by atoms with Gasteiger partial charge in [-0.2, -0.15) is 0 Å². The SMILES string of the molecule is CCOC(=O)Oc1ccc(C(=O)Nc2ncc(Br)cn2)cc1. The molecule has 8 heteroatoms. The molecule has 2 aromatic rings. The smallest absolute Gasteiger partial charge is 0.434 e. The third kappa shape index (κ3) is 4.52. The van der Waals surface area contributed by atoms with Crippen LogP contribution in [0.3, 0.4) is 0 Å². The van der Waals surface area contributed by atoms with Crippen molar-refractivity contribution >= 4 is 33.9 Å². The van der Waals surface area contributed by atoms with Gasteiger partial charge < -0.3 is 9.47 Å². The van der Waals surface area contributed by atoms with E-state index in [2.05, 4.69) is 36.0 Å². The topological polar surface area (TPSA) is 90.4 Å². The summed E-state index contributed by atoms with van der Waals surface area (Å²) in [5.41, 5.74) is 0.378. The highest BCUT2D eigenvalue weighted by Crippen LogP contribution is 2.14. The van der Waals surface area contributed by atoms with E-state index in [0.717, 1.165) is 0 Å². The number of amides is 1. The maximum Gasteiger partial charge on any atom is 0.513 e. The van der Waals surface area contributed by atoms with Crippen molar-refractivity contribution in [2.75, 3.05) is 11.9 Å². The van der Waals surface area contributed by atoms with Crippen molar-refractivity contribution in [3.8, 4) is 5.75 Å². The lowest BCUT2D eigenvalue weighted by Crippen LogP contribution is -2.14. The minimum atomic E-state index is -0.789. The van der Waals surface area contributed by atoms with Gasteiger partial charge in [0.05, 0.1) is 11.1 Å². The van der Waals surface area contributed by atoms with Gasteiger partial charge in [0.25, 0.3) is 5.91 Å². The van der Waals surface area contributed by atoms with E-state index in [9.17, 15) is 9.59 Å². The lowest BCUT2D eigenvalue weighted by Gasteiger charge is -2.06. The van der Waals surface area contributed by atoms with Gasteiger partial charge in [0.15, 0.2) is 0 Å². The normalized spacial score (nSPS) is 9.91.